The topological polar surface area (TPSA) is 51.2 Å². The Balaban J connectivity index is 5.19. The lowest BCUT2D eigenvalue weighted by Gasteiger charge is -2.32. The molecule has 0 bridgehead atoms. The van der Waals surface area contributed by atoms with E-state index in [2.05, 4.69) is 19.7 Å². The van der Waals surface area contributed by atoms with Crippen LogP contribution in [0.25, 0.3) is 0 Å². The molecule has 0 N–H and O–H groups in total. The Morgan fingerprint density at radius 2 is 1.09 bits per heavy atom. The predicted octanol–water partition coefficient (Wildman–Crippen LogP) is 4.34. The van der Waals surface area contributed by atoms with Crippen LogP contribution in [0.3, 0.4) is 0 Å². The molecule has 0 fully saturated rings. The molecule has 0 aliphatic heterocycles. The summed E-state index contributed by atoms with van der Waals surface area (Å²) in [4.78, 5) is 32.1. The maximum absolute atomic E-state index is 10.7. The third kappa shape index (κ3) is 8.44. The smallest absolute Gasteiger partial charge is 0.120 e. The fraction of sp³-hybridized carbons (Fsp3) is 0.550. The number of hydrogen-bond donors (Lipinski definition) is 0. The van der Waals surface area contributed by atoms with Gasteiger partial charge in [-0.25, -0.2) is 0 Å². The molecule has 3 nitrogen and oxygen atoms in total. The highest BCUT2D eigenvalue weighted by atomic mass is 16.1. The summed E-state index contributed by atoms with van der Waals surface area (Å²) in [6.07, 6.45) is 13.2. The molecule has 0 aromatic carbocycles. The molecule has 0 saturated carbocycles. The zero-order chi connectivity index (χ0) is 17.5. The zero-order valence-electron chi connectivity index (χ0n) is 14.1. The Kier molecular flexibility index (Phi) is 12.8. The number of hydrogen-bond acceptors (Lipinski definition) is 3. The summed E-state index contributed by atoms with van der Waals surface area (Å²) in [5.41, 5.74) is 0. The van der Waals surface area contributed by atoms with E-state index in [1.165, 1.54) is 0 Å². The highest BCUT2D eigenvalue weighted by Gasteiger charge is 2.27. The minimum atomic E-state index is 0.188. The predicted molar refractivity (Wildman–Crippen MR) is 95.1 cm³/mol. The fourth-order valence-corrected chi connectivity index (χ4v) is 3.17. The van der Waals surface area contributed by atoms with Crippen molar-refractivity contribution in [1.82, 2.24) is 0 Å². The first kappa shape index (κ1) is 21.2. The van der Waals surface area contributed by atoms with Gasteiger partial charge in [0.2, 0.25) is 0 Å². The average Bonchev–Trinajstić information content (AvgIpc) is 2.58. The van der Waals surface area contributed by atoms with Crippen LogP contribution in [-0.2, 0) is 14.4 Å². The molecule has 0 heterocycles. The maximum atomic E-state index is 10.7. The lowest BCUT2D eigenvalue weighted by molar-refractivity contribution is -0.109. The zero-order valence-corrected chi connectivity index (χ0v) is 14.1. The van der Waals surface area contributed by atoms with E-state index in [4.69, 9.17) is 0 Å². The van der Waals surface area contributed by atoms with Crippen molar-refractivity contribution < 1.29 is 14.4 Å². The molecule has 3 heteroatoms. The van der Waals surface area contributed by atoms with Crippen LogP contribution < -0.4 is 0 Å². The lowest BCUT2D eigenvalue weighted by atomic mass is 9.72. The Morgan fingerprint density at radius 1 is 0.652 bits per heavy atom. The molecule has 3 unspecified atom stereocenters. The monoisotopic (exact) mass is 318 g/mol. The SMILES string of the molecule is C=CC(CCC=O)CC(C(C=C)CCC=O)C(C=C)CCC=O. The largest absolute Gasteiger partial charge is 0.303 e. The molecule has 0 radical (unpaired) electrons. The lowest BCUT2D eigenvalue weighted by Crippen LogP contribution is -2.24. The average molecular weight is 318 g/mol. The van der Waals surface area contributed by atoms with Gasteiger partial charge in [0.25, 0.3) is 0 Å². The van der Waals surface area contributed by atoms with Crippen molar-refractivity contribution in [2.45, 2.75) is 44.9 Å². The molecular formula is C20H30O3. The third-order valence-electron chi connectivity index (χ3n) is 4.50. The minimum Gasteiger partial charge on any atom is -0.303 e. The van der Waals surface area contributed by atoms with Crippen molar-refractivity contribution >= 4 is 18.9 Å². The Bertz CT molecular complexity index is 362. The van der Waals surface area contributed by atoms with E-state index in [9.17, 15) is 14.4 Å². The van der Waals surface area contributed by atoms with Crippen molar-refractivity contribution in [2.75, 3.05) is 0 Å². The van der Waals surface area contributed by atoms with Crippen molar-refractivity contribution in [3.05, 3.63) is 38.0 Å². The Morgan fingerprint density at radius 3 is 1.43 bits per heavy atom. The molecule has 0 aliphatic carbocycles. The van der Waals surface area contributed by atoms with Crippen molar-refractivity contribution in [2.24, 2.45) is 23.7 Å². The first-order valence-electron chi connectivity index (χ1n) is 8.36. The maximum Gasteiger partial charge on any atom is 0.120 e. The van der Waals surface area contributed by atoms with E-state index < -0.39 is 0 Å². The van der Waals surface area contributed by atoms with Gasteiger partial charge in [-0.1, -0.05) is 18.2 Å². The second kappa shape index (κ2) is 13.9. The molecule has 0 aromatic rings. The summed E-state index contributed by atoms with van der Waals surface area (Å²) in [7, 11) is 0. The number of aldehydes is 3. The van der Waals surface area contributed by atoms with Gasteiger partial charge in [0.1, 0.15) is 18.9 Å². The molecule has 0 aliphatic rings. The molecule has 3 atom stereocenters. The van der Waals surface area contributed by atoms with Gasteiger partial charge in [-0.05, 0) is 49.4 Å². The van der Waals surface area contributed by atoms with Crippen molar-refractivity contribution in [3.8, 4) is 0 Å². The number of rotatable bonds is 16. The molecule has 23 heavy (non-hydrogen) atoms. The van der Waals surface area contributed by atoms with Crippen LogP contribution in [-0.4, -0.2) is 18.9 Å². The molecular weight excluding hydrogens is 288 g/mol. The molecule has 0 saturated heterocycles. The van der Waals surface area contributed by atoms with Crippen LogP contribution in [0.5, 0.6) is 0 Å². The van der Waals surface area contributed by atoms with E-state index in [-0.39, 0.29) is 23.7 Å². The van der Waals surface area contributed by atoms with Gasteiger partial charge in [0, 0.05) is 19.3 Å². The Hall–Kier alpha value is -1.77. The third-order valence-corrected chi connectivity index (χ3v) is 4.50. The van der Waals surface area contributed by atoms with Gasteiger partial charge in [-0.2, -0.15) is 0 Å². The van der Waals surface area contributed by atoms with Gasteiger partial charge in [0.15, 0.2) is 0 Å². The fourth-order valence-electron chi connectivity index (χ4n) is 3.17. The summed E-state index contributed by atoms with van der Waals surface area (Å²) in [6, 6.07) is 0. The van der Waals surface area contributed by atoms with Crippen molar-refractivity contribution in [1.29, 1.82) is 0 Å². The second-order valence-electron chi connectivity index (χ2n) is 5.93. The summed E-state index contributed by atoms with van der Waals surface area (Å²) in [5.74, 6) is 0.865. The van der Waals surface area contributed by atoms with Gasteiger partial charge in [0.05, 0.1) is 0 Å². The normalized spacial score (nSPS) is 15.7. The standard InChI is InChI=1S/C20H30O3/c1-4-17(10-7-13-21)16-20(18(5-2)11-8-14-22)19(6-3)12-9-15-23/h4-6,13-15,17-20H,1-3,7-12,16H2. The van der Waals surface area contributed by atoms with E-state index >= 15 is 0 Å². The molecule has 0 amide bonds. The molecule has 128 valence electrons. The molecule has 0 aromatic heterocycles. The first-order chi connectivity index (χ1) is 11.2. The van der Waals surface area contributed by atoms with Crippen LogP contribution in [0, 0.1) is 23.7 Å². The van der Waals surface area contributed by atoms with Crippen LogP contribution in [0.15, 0.2) is 38.0 Å². The second-order valence-corrected chi connectivity index (χ2v) is 5.93. The van der Waals surface area contributed by atoms with Gasteiger partial charge in [-0.3, -0.25) is 0 Å². The van der Waals surface area contributed by atoms with Gasteiger partial charge >= 0.3 is 0 Å². The van der Waals surface area contributed by atoms with E-state index in [0.717, 1.165) is 44.5 Å². The number of carbonyl (C=O) groups excluding carboxylic acids is 3. The van der Waals surface area contributed by atoms with Crippen LogP contribution in [0.2, 0.25) is 0 Å². The van der Waals surface area contributed by atoms with Gasteiger partial charge < -0.3 is 14.4 Å². The highest BCUT2D eigenvalue weighted by molar-refractivity contribution is 5.49. The quantitative estimate of drug-likeness (QED) is 0.314. The summed E-state index contributed by atoms with van der Waals surface area (Å²) < 4.78 is 0. The number of allylic oxidation sites excluding steroid dienone is 3. The highest BCUT2D eigenvalue weighted by Crippen LogP contribution is 2.36. The number of carbonyl (C=O) groups is 3. The van der Waals surface area contributed by atoms with Crippen LogP contribution >= 0.6 is 0 Å². The van der Waals surface area contributed by atoms with Crippen LogP contribution in [0.4, 0.5) is 0 Å². The first-order valence-corrected chi connectivity index (χ1v) is 8.36. The molecule has 0 rings (SSSR count). The Labute approximate surface area is 140 Å². The van der Waals surface area contributed by atoms with E-state index in [1.807, 2.05) is 18.2 Å². The van der Waals surface area contributed by atoms with Gasteiger partial charge in [-0.15, -0.1) is 19.7 Å². The van der Waals surface area contributed by atoms with E-state index in [0.29, 0.717) is 19.3 Å². The summed E-state index contributed by atoms with van der Waals surface area (Å²) >= 11 is 0. The molecule has 0 spiro atoms. The minimum absolute atomic E-state index is 0.188. The van der Waals surface area contributed by atoms with E-state index in [1.54, 1.807) is 0 Å². The van der Waals surface area contributed by atoms with Crippen molar-refractivity contribution in [3.63, 3.8) is 0 Å². The summed E-state index contributed by atoms with van der Waals surface area (Å²) in [6.45, 7) is 11.7. The summed E-state index contributed by atoms with van der Waals surface area (Å²) in [5, 5.41) is 0. The van der Waals surface area contributed by atoms with Crippen LogP contribution in [0.1, 0.15) is 44.9 Å².